The average molecular weight is 483 g/mol. The first-order valence-corrected chi connectivity index (χ1v) is 9.99. The minimum atomic E-state index is -1.27. The van der Waals surface area contributed by atoms with Crippen molar-refractivity contribution in [2.75, 3.05) is 6.54 Å². The Balaban J connectivity index is 0.00000306. The van der Waals surface area contributed by atoms with E-state index in [1.807, 2.05) is 0 Å². The van der Waals surface area contributed by atoms with E-state index in [1.54, 1.807) is 28.9 Å². The van der Waals surface area contributed by atoms with Gasteiger partial charge in [0.1, 0.15) is 11.5 Å². The van der Waals surface area contributed by atoms with Crippen molar-refractivity contribution in [3.05, 3.63) is 69.5 Å². The zero-order valence-corrected chi connectivity index (χ0v) is 18.5. The van der Waals surface area contributed by atoms with Gasteiger partial charge in [-0.2, -0.15) is 0 Å². The Labute approximate surface area is 193 Å². The van der Waals surface area contributed by atoms with Gasteiger partial charge >= 0.3 is 0 Å². The number of carbonyl (C=O) groups is 1. The largest absolute Gasteiger partial charge is 0.335 e. The molecule has 2 aromatic heterocycles. The molecule has 12 heteroatoms. The zero-order valence-electron chi connectivity index (χ0n) is 17.7. The third-order valence-electron chi connectivity index (χ3n) is 5.48. The SMILES string of the molecule is Cl.Cn1cc(-c2nnn3c2CN(C(=O)C[C@H](N)Cc2cc(F)c(F)cc2F)CC3)ccc1=O. The van der Waals surface area contributed by atoms with E-state index in [1.165, 1.54) is 10.6 Å². The first-order valence-electron chi connectivity index (χ1n) is 9.99. The van der Waals surface area contributed by atoms with Crippen molar-refractivity contribution in [1.29, 1.82) is 0 Å². The van der Waals surface area contributed by atoms with Gasteiger partial charge in [-0.1, -0.05) is 5.21 Å². The van der Waals surface area contributed by atoms with Crippen LogP contribution in [0.4, 0.5) is 13.2 Å². The minimum absolute atomic E-state index is 0. The van der Waals surface area contributed by atoms with Gasteiger partial charge in [-0.25, -0.2) is 17.9 Å². The molecule has 8 nitrogen and oxygen atoms in total. The third kappa shape index (κ3) is 5.09. The summed E-state index contributed by atoms with van der Waals surface area (Å²) in [6.45, 7) is 1.08. The van der Waals surface area contributed by atoms with Crippen LogP contribution in [0.2, 0.25) is 0 Å². The number of pyridine rings is 1. The molecule has 2 N–H and O–H groups in total. The van der Waals surface area contributed by atoms with E-state index in [0.29, 0.717) is 30.4 Å². The lowest BCUT2D eigenvalue weighted by molar-refractivity contribution is -0.133. The van der Waals surface area contributed by atoms with Gasteiger partial charge in [0, 0.05) is 49.9 Å². The number of hydrogen-bond acceptors (Lipinski definition) is 5. The van der Waals surface area contributed by atoms with Crippen LogP contribution >= 0.6 is 12.4 Å². The predicted octanol–water partition coefficient (Wildman–Crippen LogP) is 1.79. The van der Waals surface area contributed by atoms with Crippen LogP contribution in [-0.4, -0.2) is 43.0 Å². The third-order valence-corrected chi connectivity index (χ3v) is 5.48. The highest BCUT2D eigenvalue weighted by Crippen LogP contribution is 2.24. The summed E-state index contributed by atoms with van der Waals surface area (Å²) in [4.78, 5) is 26.1. The Morgan fingerprint density at radius 2 is 1.88 bits per heavy atom. The summed E-state index contributed by atoms with van der Waals surface area (Å²) >= 11 is 0. The fourth-order valence-corrected chi connectivity index (χ4v) is 3.74. The highest BCUT2D eigenvalue weighted by Gasteiger charge is 2.27. The number of fused-ring (bicyclic) bond motifs is 1. The van der Waals surface area contributed by atoms with Gasteiger partial charge in [0.15, 0.2) is 11.6 Å². The van der Waals surface area contributed by atoms with E-state index in [4.69, 9.17) is 5.73 Å². The standard InChI is InChI=1S/C21H21F3N6O2.ClH/c1-28-10-12(2-3-19(28)31)21-18-11-29(4-5-30(18)27-26-21)20(32)8-14(25)6-13-7-16(23)17(24)9-15(13)22;/h2-3,7,9-10,14H,4-6,8,11,25H2,1H3;1H/t14-;/m1./s1. The highest BCUT2D eigenvalue weighted by molar-refractivity contribution is 5.85. The van der Waals surface area contributed by atoms with E-state index in [0.717, 1.165) is 11.8 Å². The molecule has 0 bridgehead atoms. The van der Waals surface area contributed by atoms with Crippen molar-refractivity contribution in [2.24, 2.45) is 12.8 Å². The Morgan fingerprint density at radius 1 is 1.15 bits per heavy atom. The molecule has 1 aliphatic rings. The topological polar surface area (TPSA) is 99.0 Å². The summed E-state index contributed by atoms with van der Waals surface area (Å²) in [5.74, 6) is -3.59. The molecule has 4 rings (SSSR count). The number of carbonyl (C=O) groups excluding carboxylic acids is 1. The second-order valence-corrected chi connectivity index (χ2v) is 7.82. The van der Waals surface area contributed by atoms with E-state index < -0.39 is 23.5 Å². The molecule has 0 saturated heterocycles. The maximum atomic E-state index is 13.9. The molecule has 176 valence electrons. The summed E-state index contributed by atoms with van der Waals surface area (Å²) in [5, 5.41) is 8.33. The van der Waals surface area contributed by atoms with Crippen LogP contribution in [0.25, 0.3) is 11.3 Å². The molecule has 1 aliphatic heterocycles. The lowest BCUT2D eigenvalue weighted by atomic mass is 10.0. The molecule has 0 spiro atoms. The van der Waals surface area contributed by atoms with E-state index in [2.05, 4.69) is 10.3 Å². The van der Waals surface area contributed by atoms with Crippen LogP contribution in [0.5, 0.6) is 0 Å². The first kappa shape index (κ1) is 24.5. The Hall–Kier alpha value is -3.18. The van der Waals surface area contributed by atoms with Crippen LogP contribution < -0.4 is 11.3 Å². The normalized spacial score (nSPS) is 13.9. The molecule has 1 aromatic carbocycles. The van der Waals surface area contributed by atoms with Gasteiger partial charge in [0.25, 0.3) is 0 Å². The van der Waals surface area contributed by atoms with Crippen LogP contribution in [0.1, 0.15) is 17.7 Å². The van der Waals surface area contributed by atoms with E-state index >= 15 is 0 Å². The number of nitrogens with two attached hydrogens (primary N) is 1. The number of nitrogens with zero attached hydrogens (tertiary/aromatic N) is 5. The van der Waals surface area contributed by atoms with Crippen LogP contribution in [0.15, 0.2) is 35.3 Å². The summed E-state index contributed by atoms with van der Waals surface area (Å²) in [6, 6.07) is 3.55. The van der Waals surface area contributed by atoms with Crippen molar-refractivity contribution in [3.63, 3.8) is 0 Å². The molecular weight excluding hydrogens is 461 g/mol. The molecule has 33 heavy (non-hydrogen) atoms. The molecule has 0 saturated carbocycles. The second kappa shape index (κ2) is 9.75. The monoisotopic (exact) mass is 482 g/mol. The number of aryl methyl sites for hydroxylation is 1. The average Bonchev–Trinajstić information content (AvgIpc) is 3.17. The lowest BCUT2D eigenvalue weighted by Crippen LogP contribution is -2.41. The Morgan fingerprint density at radius 3 is 2.61 bits per heavy atom. The summed E-state index contributed by atoms with van der Waals surface area (Å²) < 4.78 is 43.5. The van der Waals surface area contributed by atoms with E-state index in [-0.39, 0.29) is 48.8 Å². The van der Waals surface area contributed by atoms with Crippen molar-refractivity contribution < 1.29 is 18.0 Å². The zero-order chi connectivity index (χ0) is 23.0. The van der Waals surface area contributed by atoms with Gasteiger partial charge in [0.2, 0.25) is 11.5 Å². The van der Waals surface area contributed by atoms with Gasteiger partial charge in [-0.05, 0) is 24.1 Å². The van der Waals surface area contributed by atoms with Crippen LogP contribution in [0.3, 0.4) is 0 Å². The Bertz CT molecular complexity index is 1250. The molecule has 1 amide bonds. The fraction of sp³-hybridized carbons (Fsp3) is 0.333. The molecule has 0 aliphatic carbocycles. The number of hydrogen-bond donors (Lipinski definition) is 1. The predicted molar refractivity (Wildman–Crippen MR) is 116 cm³/mol. The summed E-state index contributed by atoms with van der Waals surface area (Å²) in [7, 11) is 1.63. The molecule has 0 fully saturated rings. The number of aromatic nitrogens is 4. The molecule has 3 aromatic rings. The van der Waals surface area contributed by atoms with Gasteiger partial charge < -0.3 is 15.2 Å². The molecule has 3 heterocycles. The van der Waals surface area contributed by atoms with Crippen molar-refractivity contribution in [3.8, 4) is 11.3 Å². The van der Waals surface area contributed by atoms with Gasteiger partial charge in [-0.3, -0.25) is 9.59 Å². The first-order chi connectivity index (χ1) is 15.2. The fourth-order valence-electron chi connectivity index (χ4n) is 3.74. The maximum Gasteiger partial charge on any atom is 0.250 e. The number of halogens is 4. The highest BCUT2D eigenvalue weighted by atomic mass is 35.5. The van der Waals surface area contributed by atoms with Gasteiger partial charge in [-0.15, -0.1) is 17.5 Å². The van der Waals surface area contributed by atoms with Crippen LogP contribution in [0, 0.1) is 17.5 Å². The molecule has 0 radical (unpaired) electrons. The smallest absolute Gasteiger partial charge is 0.250 e. The summed E-state index contributed by atoms with van der Waals surface area (Å²) in [5.41, 5.74) is 7.77. The van der Waals surface area contributed by atoms with Crippen molar-refractivity contribution in [1.82, 2.24) is 24.5 Å². The van der Waals surface area contributed by atoms with Crippen molar-refractivity contribution >= 4 is 18.3 Å². The second-order valence-electron chi connectivity index (χ2n) is 7.82. The Kier molecular flexibility index (Phi) is 7.23. The quantitative estimate of drug-likeness (QED) is 0.559. The summed E-state index contributed by atoms with van der Waals surface area (Å²) in [6.07, 6.45) is 1.46. The lowest BCUT2D eigenvalue weighted by Gasteiger charge is -2.28. The number of rotatable bonds is 5. The molecule has 1 atom stereocenters. The molecular formula is C21H22ClF3N6O2. The number of benzene rings is 1. The maximum absolute atomic E-state index is 13.9. The number of amides is 1. The minimum Gasteiger partial charge on any atom is -0.335 e. The van der Waals surface area contributed by atoms with Gasteiger partial charge in [0.05, 0.1) is 18.8 Å². The van der Waals surface area contributed by atoms with Crippen molar-refractivity contribution in [2.45, 2.75) is 32.0 Å². The molecule has 0 unspecified atom stereocenters. The van der Waals surface area contributed by atoms with Crippen LogP contribution in [-0.2, 0) is 31.4 Å². The van der Waals surface area contributed by atoms with E-state index in [9.17, 15) is 22.8 Å².